The summed E-state index contributed by atoms with van der Waals surface area (Å²) >= 11 is 0. The number of carboxylic acids is 1. The van der Waals surface area contributed by atoms with Gasteiger partial charge in [-0.1, -0.05) is 31.5 Å². The van der Waals surface area contributed by atoms with E-state index in [1.807, 2.05) is 32.9 Å². The lowest BCUT2D eigenvalue weighted by molar-refractivity contribution is -0.140. The molecule has 0 saturated heterocycles. The Hall–Kier alpha value is -1.55. The monoisotopic (exact) mass is 251 g/mol. The lowest BCUT2D eigenvalue weighted by Gasteiger charge is -2.17. The fourth-order valence-electron chi connectivity index (χ4n) is 1.83. The standard InChI is InChI=1S/C14H21NO3/c1-9(2)6-12(14(17)18)15-8-11-7-10(3)4-5-13(11)16/h4-5,7,9,12,15-16H,6,8H2,1-3H3,(H,17,18). The van der Waals surface area contributed by atoms with Gasteiger partial charge in [0.1, 0.15) is 11.8 Å². The molecule has 3 N–H and O–H groups in total. The first-order valence-corrected chi connectivity index (χ1v) is 6.15. The first-order chi connectivity index (χ1) is 8.40. The van der Waals surface area contributed by atoms with Crippen LogP contribution in [0.1, 0.15) is 31.4 Å². The van der Waals surface area contributed by atoms with Crippen LogP contribution in [0.5, 0.6) is 5.75 Å². The molecule has 0 aliphatic heterocycles. The van der Waals surface area contributed by atoms with Crippen molar-refractivity contribution in [2.45, 2.75) is 39.8 Å². The van der Waals surface area contributed by atoms with Gasteiger partial charge in [-0.25, -0.2) is 0 Å². The van der Waals surface area contributed by atoms with E-state index in [1.165, 1.54) is 0 Å². The molecule has 0 saturated carbocycles. The number of nitrogens with one attached hydrogen (secondary N) is 1. The van der Waals surface area contributed by atoms with E-state index in [1.54, 1.807) is 6.07 Å². The molecule has 18 heavy (non-hydrogen) atoms. The van der Waals surface area contributed by atoms with Crippen LogP contribution < -0.4 is 5.32 Å². The summed E-state index contributed by atoms with van der Waals surface area (Å²) in [7, 11) is 0. The number of aliphatic carboxylic acids is 1. The van der Waals surface area contributed by atoms with Crippen molar-refractivity contribution < 1.29 is 15.0 Å². The van der Waals surface area contributed by atoms with Gasteiger partial charge < -0.3 is 15.5 Å². The second-order valence-corrected chi connectivity index (χ2v) is 5.03. The van der Waals surface area contributed by atoms with Crippen molar-refractivity contribution in [3.63, 3.8) is 0 Å². The molecule has 0 aliphatic carbocycles. The van der Waals surface area contributed by atoms with E-state index in [0.717, 1.165) is 11.1 Å². The predicted octanol–water partition coefficient (Wildman–Crippen LogP) is 2.29. The highest BCUT2D eigenvalue weighted by molar-refractivity contribution is 5.73. The predicted molar refractivity (Wildman–Crippen MR) is 70.6 cm³/mol. The van der Waals surface area contributed by atoms with Crippen LogP contribution >= 0.6 is 0 Å². The normalized spacial score (nSPS) is 12.7. The quantitative estimate of drug-likeness (QED) is 0.725. The van der Waals surface area contributed by atoms with Crippen LogP contribution in [0.4, 0.5) is 0 Å². The number of hydrogen-bond donors (Lipinski definition) is 3. The highest BCUT2D eigenvalue weighted by Crippen LogP contribution is 2.18. The van der Waals surface area contributed by atoms with Gasteiger partial charge in [-0.15, -0.1) is 0 Å². The second kappa shape index (κ2) is 6.40. The molecule has 4 heteroatoms. The lowest BCUT2D eigenvalue weighted by atomic mass is 10.0. The number of aromatic hydroxyl groups is 1. The van der Waals surface area contributed by atoms with Crippen LogP contribution in [-0.4, -0.2) is 22.2 Å². The van der Waals surface area contributed by atoms with E-state index in [0.29, 0.717) is 18.9 Å². The summed E-state index contributed by atoms with van der Waals surface area (Å²) in [6, 6.07) is 4.73. The maximum absolute atomic E-state index is 11.1. The van der Waals surface area contributed by atoms with Crippen molar-refractivity contribution in [3.8, 4) is 5.75 Å². The minimum absolute atomic E-state index is 0.196. The Bertz CT molecular complexity index is 416. The largest absolute Gasteiger partial charge is 0.508 e. The minimum Gasteiger partial charge on any atom is -0.508 e. The molecule has 0 heterocycles. The maximum atomic E-state index is 11.1. The van der Waals surface area contributed by atoms with Crippen LogP contribution in [0.25, 0.3) is 0 Å². The van der Waals surface area contributed by atoms with Gasteiger partial charge in [-0.2, -0.15) is 0 Å². The Kier molecular flexibility index (Phi) is 5.16. The van der Waals surface area contributed by atoms with Gasteiger partial charge in [0.05, 0.1) is 0 Å². The SMILES string of the molecule is Cc1ccc(O)c(CNC(CC(C)C)C(=O)O)c1. The average Bonchev–Trinajstić information content (AvgIpc) is 2.27. The number of aryl methyl sites for hydroxylation is 1. The van der Waals surface area contributed by atoms with Gasteiger partial charge in [-0.3, -0.25) is 4.79 Å². The van der Waals surface area contributed by atoms with Gasteiger partial charge in [-0.05, 0) is 25.3 Å². The number of carbonyl (C=O) groups is 1. The third-order valence-electron chi connectivity index (χ3n) is 2.78. The van der Waals surface area contributed by atoms with Crippen molar-refractivity contribution in [1.82, 2.24) is 5.32 Å². The number of phenolic OH excluding ortho intramolecular Hbond substituents is 1. The van der Waals surface area contributed by atoms with E-state index in [9.17, 15) is 9.90 Å². The summed E-state index contributed by atoms with van der Waals surface area (Å²) in [6.45, 7) is 6.27. The molecular weight excluding hydrogens is 230 g/mol. The fourth-order valence-corrected chi connectivity index (χ4v) is 1.83. The number of benzene rings is 1. The van der Waals surface area contributed by atoms with Gasteiger partial charge in [0, 0.05) is 12.1 Å². The van der Waals surface area contributed by atoms with Crippen molar-refractivity contribution in [2.24, 2.45) is 5.92 Å². The van der Waals surface area contributed by atoms with Crippen molar-refractivity contribution >= 4 is 5.97 Å². The average molecular weight is 251 g/mol. The van der Waals surface area contributed by atoms with Crippen molar-refractivity contribution in [1.29, 1.82) is 0 Å². The van der Waals surface area contributed by atoms with E-state index in [-0.39, 0.29) is 5.75 Å². The zero-order valence-corrected chi connectivity index (χ0v) is 11.1. The van der Waals surface area contributed by atoms with Gasteiger partial charge >= 0.3 is 5.97 Å². The summed E-state index contributed by atoms with van der Waals surface area (Å²) in [5.41, 5.74) is 1.77. The molecule has 0 radical (unpaired) electrons. The van der Waals surface area contributed by atoms with Crippen LogP contribution in [0, 0.1) is 12.8 Å². The van der Waals surface area contributed by atoms with E-state index in [4.69, 9.17) is 5.11 Å². The Balaban J connectivity index is 2.66. The summed E-state index contributed by atoms with van der Waals surface area (Å²) in [5.74, 6) is -0.345. The van der Waals surface area contributed by atoms with Crippen molar-refractivity contribution in [2.75, 3.05) is 0 Å². The zero-order valence-electron chi connectivity index (χ0n) is 11.1. The summed E-state index contributed by atoms with van der Waals surface area (Å²) in [4.78, 5) is 11.1. The Labute approximate surface area is 108 Å². The second-order valence-electron chi connectivity index (χ2n) is 5.03. The van der Waals surface area contributed by atoms with E-state index in [2.05, 4.69) is 5.32 Å². The molecule has 100 valence electrons. The molecule has 1 rings (SSSR count). The smallest absolute Gasteiger partial charge is 0.320 e. The summed E-state index contributed by atoms with van der Waals surface area (Å²) in [6.07, 6.45) is 0.571. The van der Waals surface area contributed by atoms with Gasteiger partial charge in [0.15, 0.2) is 0 Å². The molecule has 0 aromatic heterocycles. The third kappa shape index (κ3) is 4.37. The van der Waals surface area contributed by atoms with Crippen LogP contribution in [0.2, 0.25) is 0 Å². The lowest BCUT2D eigenvalue weighted by Crippen LogP contribution is -2.37. The highest BCUT2D eigenvalue weighted by Gasteiger charge is 2.18. The molecule has 1 unspecified atom stereocenters. The third-order valence-corrected chi connectivity index (χ3v) is 2.78. The number of phenols is 1. The van der Waals surface area contributed by atoms with Crippen LogP contribution in [0.15, 0.2) is 18.2 Å². The highest BCUT2D eigenvalue weighted by atomic mass is 16.4. The molecule has 1 aromatic rings. The molecule has 0 bridgehead atoms. The van der Waals surface area contributed by atoms with Gasteiger partial charge in [0.25, 0.3) is 0 Å². The number of carboxylic acid groups (broad SMARTS) is 1. The first-order valence-electron chi connectivity index (χ1n) is 6.15. The minimum atomic E-state index is -0.851. The molecule has 0 fully saturated rings. The Morgan fingerprint density at radius 3 is 2.61 bits per heavy atom. The molecule has 1 aromatic carbocycles. The topological polar surface area (TPSA) is 69.6 Å². The van der Waals surface area contributed by atoms with Crippen molar-refractivity contribution in [3.05, 3.63) is 29.3 Å². The number of hydrogen-bond acceptors (Lipinski definition) is 3. The maximum Gasteiger partial charge on any atom is 0.320 e. The fraction of sp³-hybridized carbons (Fsp3) is 0.500. The Morgan fingerprint density at radius 1 is 1.39 bits per heavy atom. The molecule has 1 atom stereocenters. The van der Waals surface area contributed by atoms with Crippen LogP contribution in [0.3, 0.4) is 0 Å². The Morgan fingerprint density at radius 2 is 2.06 bits per heavy atom. The first kappa shape index (κ1) is 14.5. The number of rotatable bonds is 6. The molecule has 0 spiro atoms. The molecule has 0 aliphatic rings. The van der Waals surface area contributed by atoms with Crippen LogP contribution in [-0.2, 0) is 11.3 Å². The van der Waals surface area contributed by atoms with E-state index >= 15 is 0 Å². The molecule has 0 amide bonds. The molecular formula is C14H21NO3. The van der Waals surface area contributed by atoms with E-state index < -0.39 is 12.0 Å². The molecule has 4 nitrogen and oxygen atoms in total. The summed E-state index contributed by atoms with van der Waals surface area (Å²) < 4.78 is 0. The zero-order chi connectivity index (χ0) is 13.7. The van der Waals surface area contributed by atoms with Gasteiger partial charge in [0.2, 0.25) is 0 Å². The summed E-state index contributed by atoms with van der Waals surface area (Å²) in [5, 5.41) is 21.8.